The summed E-state index contributed by atoms with van der Waals surface area (Å²) in [5.74, 6) is -0.627. The number of halogens is 1. The minimum Gasteiger partial charge on any atom is -0.437 e. The van der Waals surface area contributed by atoms with E-state index in [0.29, 0.717) is 6.42 Å². The molecule has 6 heteroatoms. The summed E-state index contributed by atoms with van der Waals surface area (Å²) in [4.78, 5) is 12.7. The van der Waals surface area contributed by atoms with Gasteiger partial charge in [0.1, 0.15) is 16.9 Å². The molecule has 1 aromatic carbocycles. The summed E-state index contributed by atoms with van der Waals surface area (Å²) in [7, 11) is 0. The van der Waals surface area contributed by atoms with Crippen LogP contribution in [0.5, 0.6) is 0 Å². The molecule has 1 unspecified atom stereocenters. The average molecular weight is 268 g/mol. The predicted octanol–water partition coefficient (Wildman–Crippen LogP) is 2.51. The molecule has 1 atom stereocenters. The molecule has 0 amide bonds. The summed E-state index contributed by atoms with van der Waals surface area (Å²) in [6.07, 6.45) is 1.02. The fourth-order valence-corrected chi connectivity index (χ4v) is 1.72. The smallest absolute Gasteiger partial charge is 0.322 e. The number of fused-ring (bicyclic) bond motifs is 1. The van der Waals surface area contributed by atoms with Crippen molar-refractivity contribution in [2.24, 2.45) is 0 Å². The zero-order valence-corrected chi connectivity index (χ0v) is 10.8. The number of hydrogen-bond donors (Lipinski definition) is 0. The van der Waals surface area contributed by atoms with E-state index in [4.69, 9.17) is 16.3 Å². The Morgan fingerprint density at radius 2 is 2.00 bits per heavy atom. The minimum absolute atomic E-state index is 0.166. The van der Waals surface area contributed by atoms with Crippen LogP contribution in [-0.4, -0.2) is 26.8 Å². The van der Waals surface area contributed by atoms with Crippen molar-refractivity contribution in [1.82, 2.24) is 15.0 Å². The number of nitrogens with zero attached hydrogens (tertiary/aromatic N) is 3. The lowest BCUT2D eigenvalue weighted by molar-refractivity contribution is -0.152. The van der Waals surface area contributed by atoms with Crippen LogP contribution in [0.4, 0.5) is 0 Å². The van der Waals surface area contributed by atoms with Gasteiger partial charge in [-0.2, -0.15) is 0 Å². The molecular formula is C12H14ClN3O2. The van der Waals surface area contributed by atoms with Crippen LogP contribution in [0.2, 0.25) is 0 Å². The van der Waals surface area contributed by atoms with Gasteiger partial charge in [0.2, 0.25) is 6.23 Å². The highest BCUT2D eigenvalue weighted by Crippen LogP contribution is 2.17. The first-order valence-electron chi connectivity index (χ1n) is 5.81. The number of alkyl halides is 1. The molecule has 0 N–H and O–H groups in total. The number of rotatable bonds is 5. The molecule has 0 spiro atoms. The molecule has 0 radical (unpaired) electrons. The van der Waals surface area contributed by atoms with Gasteiger partial charge in [0.15, 0.2) is 0 Å². The molecule has 0 fully saturated rings. The summed E-state index contributed by atoms with van der Waals surface area (Å²) in [5.41, 5.74) is 1.56. The first-order chi connectivity index (χ1) is 8.74. The Kier molecular flexibility index (Phi) is 4.15. The highest BCUT2D eigenvalue weighted by molar-refractivity contribution is 6.26. The second-order valence-electron chi connectivity index (χ2n) is 3.88. The zero-order valence-electron chi connectivity index (χ0n) is 10.0. The molecule has 1 aromatic heterocycles. The Morgan fingerprint density at radius 3 is 2.50 bits per heavy atom. The highest BCUT2D eigenvalue weighted by Gasteiger charge is 2.17. The van der Waals surface area contributed by atoms with Crippen LogP contribution >= 0.6 is 11.6 Å². The quantitative estimate of drug-likeness (QED) is 0.617. The fourth-order valence-electron chi connectivity index (χ4n) is 1.66. The first kappa shape index (κ1) is 12.8. The molecule has 0 aliphatic carbocycles. The van der Waals surface area contributed by atoms with E-state index in [1.807, 2.05) is 31.2 Å². The monoisotopic (exact) mass is 267 g/mol. The largest absolute Gasteiger partial charge is 0.437 e. The van der Waals surface area contributed by atoms with Gasteiger partial charge in [0.25, 0.3) is 0 Å². The third kappa shape index (κ3) is 2.79. The Bertz CT molecular complexity index is 508. The number of hydrogen-bond acceptors (Lipinski definition) is 4. The van der Waals surface area contributed by atoms with Gasteiger partial charge in [0.05, 0.1) is 0 Å². The Balaban J connectivity index is 2.26. The number of carbonyl (C=O) groups excluding carboxylic acids is 1. The van der Waals surface area contributed by atoms with E-state index < -0.39 is 12.2 Å². The van der Waals surface area contributed by atoms with E-state index in [9.17, 15) is 4.79 Å². The van der Waals surface area contributed by atoms with Crippen molar-refractivity contribution in [3.05, 3.63) is 24.3 Å². The van der Waals surface area contributed by atoms with Gasteiger partial charge >= 0.3 is 5.97 Å². The van der Waals surface area contributed by atoms with E-state index in [1.54, 1.807) is 0 Å². The number of carbonyl (C=O) groups is 1. The van der Waals surface area contributed by atoms with Crippen molar-refractivity contribution in [3.8, 4) is 0 Å². The number of esters is 1. The lowest BCUT2D eigenvalue weighted by Crippen LogP contribution is -2.20. The van der Waals surface area contributed by atoms with Gasteiger partial charge < -0.3 is 4.74 Å². The number of benzene rings is 1. The number of aromatic nitrogens is 3. The van der Waals surface area contributed by atoms with Gasteiger partial charge in [0, 0.05) is 6.42 Å². The second-order valence-corrected chi connectivity index (χ2v) is 4.14. The highest BCUT2D eigenvalue weighted by atomic mass is 35.5. The van der Waals surface area contributed by atoms with E-state index in [0.717, 1.165) is 17.5 Å². The maximum absolute atomic E-state index is 11.3. The summed E-state index contributed by atoms with van der Waals surface area (Å²) < 4.78 is 5.22. The van der Waals surface area contributed by atoms with Crippen molar-refractivity contribution in [3.63, 3.8) is 0 Å². The van der Waals surface area contributed by atoms with Crippen LogP contribution < -0.4 is 0 Å². The number of ether oxygens (including phenoxy) is 1. The maximum atomic E-state index is 11.3. The molecule has 1 heterocycles. The second kappa shape index (κ2) is 5.82. The standard InChI is InChI=1S/C12H14ClN3O2/c1-2-5-11(18-12(17)8-13)16-14-9-6-3-4-7-10(9)15-16/h3-4,6-7,11H,2,5,8H2,1H3. The Morgan fingerprint density at radius 1 is 1.39 bits per heavy atom. The van der Waals surface area contributed by atoms with Crippen molar-refractivity contribution in [2.45, 2.75) is 26.0 Å². The fraction of sp³-hybridized carbons (Fsp3) is 0.417. The molecule has 0 bridgehead atoms. The van der Waals surface area contributed by atoms with E-state index in [1.165, 1.54) is 4.80 Å². The van der Waals surface area contributed by atoms with Gasteiger partial charge in [-0.25, -0.2) is 0 Å². The van der Waals surface area contributed by atoms with Gasteiger partial charge in [-0.05, 0) is 12.1 Å². The average Bonchev–Trinajstić information content (AvgIpc) is 2.81. The molecule has 0 aliphatic heterocycles. The molecule has 2 rings (SSSR count). The van der Waals surface area contributed by atoms with Crippen LogP contribution in [0.15, 0.2) is 24.3 Å². The summed E-state index contributed by atoms with van der Waals surface area (Å²) in [5, 5.41) is 8.61. The van der Waals surface area contributed by atoms with Crippen LogP contribution in [-0.2, 0) is 9.53 Å². The van der Waals surface area contributed by atoms with Gasteiger partial charge in [-0.1, -0.05) is 25.5 Å². The third-order valence-electron chi connectivity index (χ3n) is 2.47. The van der Waals surface area contributed by atoms with Gasteiger partial charge in [-0.15, -0.1) is 26.6 Å². The molecule has 2 aromatic rings. The lowest BCUT2D eigenvalue weighted by Gasteiger charge is -2.15. The van der Waals surface area contributed by atoms with Crippen molar-refractivity contribution < 1.29 is 9.53 Å². The molecule has 5 nitrogen and oxygen atoms in total. The van der Waals surface area contributed by atoms with Crippen molar-refractivity contribution >= 4 is 28.6 Å². The van der Waals surface area contributed by atoms with Crippen molar-refractivity contribution in [2.75, 3.05) is 5.88 Å². The van der Waals surface area contributed by atoms with Crippen LogP contribution in [0.1, 0.15) is 26.0 Å². The van der Waals surface area contributed by atoms with Crippen LogP contribution in [0.25, 0.3) is 11.0 Å². The molecule has 0 saturated carbocycles. The van der Waals surface area contributed by atoms with Crippen LogP contribution in [0.3, 0.4) is 0 Å². The van der Waals surface area contributed by atoms with E-state index in [-0.39, 0.29) is 5.88 Å². The normalized spacial score (nSPS) is 12.6. The summed E-state index contributed by atoms with van der Waals surface area (Å²) >= 11 is 5.44. The molecular weight excluding hydrogens is 254 g/mol. The lowest BCUT2D eigenvalue weighted by atomic mass is 10.3. The van der Waals surface area contributed by atoms with E-state index in [2.05, 4.69) is 10.2 Å². The molecule has 0 aliphatic rings. The minimum atomic E-state index is -0.492. The summed E-state index contributed by atoms with van der Waals surface area (Å²) in [6.45, 7) is 2.00. The zero-order chi connectivity index (χ0) is 13.0. The Hall–Kier alpha value is -1.62. The maximum Gasteiger partial charge on any atom is 0.322 e. The SMILES string of the molecule is CCCC(OC(=O)CCl)n1nc2ccccc2n1. The van der Waals surface area contributed by atoms with E-state index >= 15 is 0 Å². The van der Waals surface area contributed by atoms with Crippen LogP contribution in [0, 0.1) is 0 Å². The van der Waals surface area contributed by atoms with Crippen molar-refractivity contribution in [1.29, 1.82) is 0 Å². The Labute approximate surface area is 110 Å². The summed E-state index contributed by atoms with van der Waals surface area (Å²) in [6, 6.07) is 7.51. The molecule has 0 saturated heterocycles. The predicted molar refractivity (Wildman–Crippen MR) is 68.3 cm³/mol. The molecule has 18 heavy (non-hydrogen) atoms. The third-order valence-corrected chi connectivity index (χ3v) is 2.69. The van der Waals surface area contributed by atoms with Gasteiger partial charge in [-0.3, -0.25) is 4.79 Å². The molecule has 96 valence electrons. The topological polar surface area (TPSA) is 57.0 Å². The first-order valence-corrected chi connectivity index (χ1v) is 6.35.